The minimum atomic E-state index is -2.52. The van der Waals surface area contributed by atoms with Crippen LogP contribution in [0.2, 0.25) is 0 Å². The van der Waals surface area contributed by atoms with Gasteiger partial charge < -0.3 is 5.32 Å². The third-order valence-corrected chi connectivity index (χ3v) is 2.62. The Morgan fingerprint density at radius 2 is 1.74 bits per heavy atom. The van der Waals surface area contributed by atoms with Crippen LogP contribution in [-0.4, -0.2) is 0 Å². The van der Waals surface area contributed by atoms with Crippen molar-refractivity contribution >= 4 is 5.69 Å². The second kappa shape index (κ2) is 5.73. The third-order valence-electron chi connectivity index (χ3n) is 2.62. The average Bonchev–Trinajstić information content (AvgIpc) is 2.40. The maximum atomic E-state index is 13.0. The second-order valence-electron chi connectivity index (χ2n) is 4.03. The number of benzene rings is 2. The predicted octanol–water partition coefficient (Wildman–Crippen LogP) is 4.51. The monoisotopic (exact) mass is 269 g/mol. The third kappa shape index (κ3) is 3.47. The highest BCUT2D eigenvalue weighted by Gasteiger charge is 2.07. The van der Waals surface area contributed by atoms with E-state index >= 15 is 0 Å². The molecule has 2 rings (SSSR count). The van der Waals surface area contributed by atoms with Crippen molar-refractivity contribution in [1.82, 2.24) is 0 Å². The Kier molecular flexibility index (Phi) is 4.04. The summed E-state index contributed by atoms with van der Waals surface area (Å²) in [6.45, 7) is 0.256. The van der Waals surface area contributed by atoms with Gasteiger partial charge in [-0.05, 0) is 23.8 Å². The molecule has 0 saturated heterocycles. The number of hydrogen-bond acceptors (Lipinski definition) is 1. The van der Waals surface area contributed by atoms with Crippen molar-refractivity contribution in [3.63, 3.8) is 0 Å². The summed E-state index contributed by atoms with van der Waals surface area (Å²) >= 11 is 0. The van der Waals surface area contributed by atoms with E-state index in [9.17, 15) is 17.6 Å². The molecule has 0 amide bonds. The molecule has 0 radical (unpaired) electrons. The summed E-state index contributed by atoms with van der Waals surface area (Å²) in [7, 11) is 0. The number of hydrogen-bond donors (Lipinski definition) is 1. The minimum absolute atomic E-state index is 0.0652. The van der Waals surface area contributed by atoms with E-state index < -0.39 is 18.1 Å². The van der Waals surface area contributed by atoms with Gasteiger partial charge in [0.2, 0.25) is 0 Å². The molecule has 0 fully saturated rings. The Labute approximate surface area is 107 Å². The fourth-order valence-electron chi connectivity index (χ4n) is 1.65. The van der Waals surface area contributed by atoms with Crippen molar-refractivity contribution in [2.75, 3.05) is 5.32 Å². The van der Waals surface area contributed by atoms with Crippen LogP contribution in [0.1, 0.15) is 17.6 Å². The highest BCUT2D eigenvalue weighted by atomic mass is 19.3. The van der Waals surface area contributed by atoms with E-state index in [1.54, 1.807) is 6.07 Å². The van der Waals surface area contributed by atoms with E-state index in [0.29, 0.717) is 11.3 Å². The van der Waals surface area contributed by atoms with E-state index in [2.05, 4.69) is 5.32 Å². The number of nitrogens with one attached hydrogen (secondary N) is 1. The molecule has 5 heteroatoms. The van der Waals surface area contributed by atoms with Gasteiger partial charge in [0.1, 0.15) is 0 Å². The van der Waals surface area contributed by atoms with Crippen molar-refractivity contribution < 1.29 is 17.6 Å². The lowest BCUT2D eigenvalue weighted by Gasteiger charge is -2.08. The van der Waals surface area contributed by atoms with Gasteiger partial charge in [0.25, 0.3) is 6.43 Å². The predicted molar refractivity (Wildman–Crippen MR) is 65.1 cm³/mol. The summed E-state index contributed by atoms with van der Waals surface area (Å²) < 4.78 is 50.7. The van der Waals surface area contributed by atoms with Crippen molar-refractivity contribution in [2.45, 2.75) is 13.0 Å². The SMILES string of the molecule is Fc1ccc(NCc2cccc(C(F)F)c2)cc1F. The van der Waals surface area contributed by atoms with E-state index in [0.717, 1.165) is 12.1 Å². The zero-order chi connectivity index (χ0) is 13.8. The van der Waals surface area contributed by atoms with Gasteiger partial charge in [0, 0.05) is 23.9 Å². The van der Waals surface area contributed by atoms with Crippen molar-refractivity contribution in [2.24, 2.45) is 0 Å². The van der Waals surface area contributed by atoms with Crippen LogP contribution in [0.5, 0.6) is 0 Å². The van der Waals surface area contributed by atoms with Crippen molar-refractivity contribution in [1.29, 1.82) is 0 Å². The zero-order valence-corrected chi connectivity index (χ0v) is 9.84. The Bertz CT molecular complexity index is 569. The van der Waals surface area contributed by atoms with Crippen LogP contribution in [0.25, 0.3) is 0 Å². The molecule has 0 atom stereocenters. The van der Waals surface area contributed by atoms with E-state index in [1.807, 2.05) is 0 Å². The van der Waals surface area contributed by atoms with E-state index in [4.69, 9.17) is 0 Å². The smallest absolute Gasteiger partial charge is 0.263 e. The summed E-state index contributed by atoms with van der Waals surface area (Å²) in [6.07, 6.45) is -2.52. The molecule has 100 valence electrons. The minimum Gasteiger partial charge on any atom is -0.381 e. The summed E-state index contributed by atoms with van der Waals surface area (Å²) in [4.78, 5) is 0. The van der Waals surface area contributed by atoms with Gasteiger partial charge in [-0.25, -0.2) is 17.6 Å². The Hall–Kier alpha value is -2.04. The quantitative estimate of drug-likeness (QED) is 0.805. The van der Waals surface area contributed by atoms with Crippen LogP contribution >= 0.6 is 0 Å². The molecule has 1 N–H and O–H groups in total. The molecule has 1 nitrogen and oxygen atoms in total. The van der Waals surface area contributed by atoms with Crippen LogP contribution in [0.15, 0.2) is 42.5 Å². The van der Waals surface area contributed by atoms with Gasteiger partial charge in [-0.2, -0.15) is 0 Å². The number of alkyl halides is 2. The maximum Gasteiger partial charge on any atom is 0.263 e. The number of halogens is 4. The molecule has 0 heterocycles. The van der Waals surface area contributed by atoms with Crippen LogP contribution in [0.4, 0.5) is 23.2 Å². The van der Waals surface area contributed by atoms with E-state index in [-0.39, 0.29) is 12.1 Å². The lowest BCUT2D eigenvalue weighted by molar-refractivity contribution is 0.151. The number of anilines is 1. The topological polar surface area (TPSA) is 12.0 Å². The fraction of sp³-hybridized carbons (Fsp3) is 0.143. The first-order chi connectivity index (χ1) is 9.06. The average molecular weight is 269 g/mol. The summed E-state index contributed by atoms with van der Waals surface area (Å²) in [5.41, 5.74) is 0.966. The molecular weight excluding hydrogens is 258 g/mol. The Morgan fingerprint density at radius 3 is 2.42 bits per heavy atom. The van der Waals surface area contributed by atoms with Gasteiger partial charge in [-0.1, -0.05) is 18.2 Å². The first-order valence-corrected chi connectivity index (χ1v) is 5.62. The molecule has 2 aromatic carbocycles. The van der Waals surface area contributed by atoms with Crippen LogP contribution < -0.4 is 5.32 Å². The van der Waals surface area contributed by atoms with Crippen LogP contribution in [0, 0.1) is 11.6 Å². The number of rotatable bonds is 4. The first-order valence-electron chi connectivity index (χ1n) is 5.62. The summed E-state index contributed by atoms with van der Waals surface area (Å²) in [5, 5.41) is 2.84. The molecule has 2 aromatic rings. The van der Waals surface area contributed by atoms with Gasteiger partial charge in [-0.3, -0.25) is 0 Å². The van der Waals surface area contributed by atoms with Crippen molar-refractivity contribution in [3.8, 4) is 0 Å². The summed E-state index contributed by atoms with van der Waals surface area (Å²) in [6, 6.07) is 9.33. The molecule has 0 aliphatic heterocycles. The summed E-state index contributed by atoms with van der Waals surface area (Å²) in [5.74, 6) is -1.88. The molecule has 19 heavy (non-hydrogen) atoms. The molecule has 0 saturated carbocycles. The van der Waals surface area contributed by atoms with Crippen molar-refractivity contribution in [3.05, 3.63) is 65.2 Å². The second-order valence-corrected chi connectivity index (χ2v) is 4.03. The van der Waals surface area contributed by atoms with Gasteiger partial charge >= 0.3 is 0 Å². The molecule has 0 aliphatic rings. The molecule has 0 spiro atoms. The van der Waals surface area contributed by atoms with Crippen LogP contribution in [-0.2, 0) is 6.54 Å². The highest BCUT2D eigenvalue weighted by Crippen LogP contribution is 2.20. The van der Waals surface area contributed by atoms with Gasteiger partial charge in [0.05, 0.1) is 0 Å². The first kappa shape index (κ1) is 13.4. The zero-order valence-electron chi connectivity index (χ0n) is 9.84. The molecular formula is C14H11F4N. The molecule has 0 aliphatic carbocycles. The fourth-order valence-corrected chi connectivity index (χ4v) is 1.65. The normalized spacial score (nSPS) is 10.8. The molecule has 0 bridgehead atoms. The standard InChI is InChI=1S/C14H11F4N/c15-12-5-4-11(7-13(12)16)19-8-9-2-1-3-10(6-9)14(17)18/h1-7,14,19H,8H2. The molecule has 0 aromatic heterocycles. The van der Waals surface area contributed by atoms with Crippen LogP contribution in [0.3, 0.4) is 0 Å². The molecule has 0 unspecified atom stereocenters. The Balaban J connectivity index is 2.05. The maximum absolute atomic E-state index is 13.0. The van der Waals surface area contributed by atoms with Gasteiger partial charge in [-0.15, -0.1) is 0 Å². The Morgan fingerprint density at radius 1 is 0.947 bits per heavy atom. The lowest BCUT2D eigenvalue weighted by Crippen LogP contribution is -2.01. The lowest BCUT2D eigenvalue weighted by atomic mass is 10.1. The van der Waals surface area contributed by atoms with Gasteiger partial charge in [0.15, 0.2) is 11.6 Å². The van der Waals surface area contributed by atoms with E-state index in [1.165, 1.54) is 24.3 Å². The largest absolute Gasteiger partial charge is 0.381 e. The highest BCUT2D eigenvalue weighted by molar-refractivity contribution is 5.44.